The highest BCUT2D eigenvalue weighted by molar-refractivity contribution is 5.78. The van der Waals surface area contributed by atoms with E-state index in [9.17, 15) is 4.79 Å². The summed E-state index contributed by atoms with van der Waals surface area (Å²) in [5.74, 6) is 0.0677. The van der Waals surface area contributed by atoms with Gasteiger partial charge in [0.15, 0.2) is 0 Å². The van der Waals surface area contributed by atoms with Gasteiger partial charge in [-0.1, -0.05) is 34.1 Å². The zero-order valence-corrected chi connectivity index (χ0v) is 11.6. The van der Waals surface area contributed by atoms with Crippen LogP contribution in [-0.2, 0) is 4.79 Å². The summed E-state index contributed by atoms with van der Waals surface area (Å²) in [6.45, 7) is 12.0. The van der Waals surface area contributed by atoms with E-state index in [0.717, 1.165) is 26.2 Å². The highest BCUT2D eigenvalue weighted by Gasteiger charge is 2.16. The Balaban J connectivity index is 0. The molecule has 1 saturated heterocycles. The van der Waals surface area contributed by atoms with Gasteiger partial charge < -0.3 is 15.5 Å². The number of hydrogen-bond donors (Lipinski definition) is 1. The Bertz CT molecular complexity index is 154. The van der Waals surface area contributed by atoms with E-state index in [1.165, 1.54) is 6.42 Å². The van der Waals surface area contributed by atoms with Gasteiger partial charge in [0.05, 0.1) is 6.54 Å². The second kappa shape index (κ2) is 12.5. The number of rotatable bonds is 1. The van der Waals surface area contributed by atoms with Gasteiger partial charge in [-0.05, 0) is 7.05 Å². The van der Waals surface area contributed by atoms with E-state index in [1.807, 2.05) is 18.7 Å². The van der Waals surface area contributed by atoms with E-state index < -0.39 is 0 Å². The highest BCUT2D eigenvalue weighted by Crippen LogP contribution is 1.98. The quantitative estimate of drug-likeness (QED) is 0.737. The highest BCUT2D eigenvalue weighted by atomic mass is 16.2. The molecule has 4 nitrogen and oxygen atoms in total. The first kappa shape index (κ1) is 17.8. The van der Waals surface area contributed by atoms with Gasteiger partial charge in [-0.3, -0.25) is 4.79 Å². The fourth-order valence-corrected chi connectivity index (χ4v) is 1.18. The minimum Gasteiger partial charge on any atom is -0.339 e. The van der Waals surface area contributed by atoms with Crippen LogP contribution >= 0.6 is 0 Å². The van der Waals surface area contributed by atoms with E-state index >= 15 is 0 Å². The standard InChI is InChI=1S/C7H15N3O.C3H8.C2H6/c1-9-2-4-10(5-3-9)7(11)6-8;1-3-2;1-2/h2-6,8H2,1H3;3H2,1-2H3;1-2H3. The first-order chi connectivity index (χ1) is 7.65. The van der Waals surface area contributed by atoms with Crippen molar-refractivity contribution in [2.45, 2.75) is 34.1 Å². The van der Waals surface area contributed by atoms with Crippen molar-refractivity contribution in [2.75, 3.05) is 39.8 Å². The zero-order chi connectivity index (χ0) is 13.0. The lowest BCUT2D eigenvalue weighted by Gasteiger charge is -2.32. The summed E-state index contributed by atoms with van der Waals surface area (Å²) in [7, 11) is 2.06. The van der Waals surface area contributed by atoms with Gasteiger partial charge in [-0.15, -0.1) is 0 Å². The summed E-state index contributed by atoms with van der Waals surface area (Å²) in [4.78, 5) is 15.1. The van der Waals surface area contributed by atoms with Crippen molar-refractivity contribution >= 4 is 5.91 Å². The Morgan fingerprint density at radius 2 is 1.50 bits per heavy atom. The minimum atomic E-state index is 0.0677. The van der Waals surface area contributed by atoms with E-state index in [2.05, 4.69) is 25.8 Å². The van der Waals surface area contributed by atoms with Crippen molar-refractivity contribution in [2.24, 2.45) is 5.73 Å². The molecule has 0 unspecified atom stereocenters. The predicted molar refractivity (Wildman–Crippen MR) is 70.4 cm³/mol. The lowest BCUT2D eigenvalue weighted by molar-refractivity contribution is -0.131. The fourth-order valence-electron chi connectivity index (χ4n) is 1.18. The van der Waals surface area contributed by atoms with E-state index in [1.54, 1.807) is 0 Å². The molecule has 1 fully saturated rings. The van der Waals surface area contributed by atoms with Crippen molar-refractivity contribution < 1.29 is 4.79 Å². The van der Waals surface area contributed by atoms with Crippen LogP contribution in [0.2, 0.25) is 0 Å². The molecule has 0 radical (unpaired) electrons. The summed E-state index contributed by atoms with van der Waals surface area (Å²) in [5, 5.41) is 0. The van der Waals surface area contributed by atoms with Crippen molar-refractivity contribution in [1.82, 2.24) is 9.80 Å². The predicted octanol–water partition coefficient (Wildman–Crippen LogP) is 1.16. The van der Waals surface area contributed by atoms with Gasteiger partial charge >= 0.3 is 0 Å². The third kappa shape index (κ3) is 8.68. The monoisotopic (exact) mass is 231 g/mol. The Labute approximate surface area is 101 Å². The third-order valence-electron chi connectivity index (χ3n) is 2.03. The van der Waals surface area contributed by atoms with E-state index in [-0.39, 0.29) is 12.5 Å². The number of piperazine rings is 1. The van der Waals surface area contributed by atoms with Gasteiger partial charge in [0.1, 0.15) is 0 Å². The summed E-state index contributed by atoms with van der Waals surface area (Å²) < 4.78 is 0. The molecule has 0 aromatic carbocycles. The van der Waals surface area contributed by atoms with Crippen molar-refractivity contribution in [3.63, 3.8) is 0 Å². The molecule has 16 heavy (non-hydrogen) atoms. The van der Waals surface area contributed by atoms with Crippen molar-refractivity contribution in [3.8, 4) is 0 Å². The molecule has 4 heteroatoms. The lowest BCUT2D eigenvalue weighted by atomic mass is 10.3. The Morgan fingerprint density at radius 1 is 1.12 bits per heavy atom. The molecular weight excluding hydrogens is 202 g/mol. The average molecular weight is 231 g/mol. The van der Waals surface area contributed by atoms with Crippen LogP contribution in [0.3, 0.4) is 0 Å². The Kier molecular flexibility index (Phi) is 13.8. The largest absolute Gasteiger partial charge is 0.339 e. The zero-order valence-electron chi connectivity index (χ0n) is 11.6. The third-order valence-corrected chi connectivity index (χ3v) is 2.03. The van der Waals surface area contributed by atoms with Gasteiger partial charge in [0.2, 0.25) is 5.91 Å². The summed E-state index contributed by atoms with van der Waals surface area (Å²) in [6.07, 6.45) is 1.25. The van der Waals surface area contributed by atoms with Crippen molar-refractivity contribution in [3.05, 3.63) is 0 Å². The van der Waals surface area contributed by atoms with Crippen LogP contribution in [0, 0.1) is 0 Å². The number of amides is 1. The molecule has 1 amide bonds. The number of nitrogens with zero attached hydrogens (tertiary/aromatic N) is 2. The molecule has 0 atom stereocenters. The maximum absolute atomic E-state index is 11.1. The second-order valence-electron chi connectivity index (χ2n) is 3.60. The number of nitrogens with two attached hydrogens (primary N) is 1. The Morgan fingerprint density at radius 3 is 1.81 bits per heavy atom. The molecule has 1 aliphatic rings. The lowest BCUT2D eigenvalue weighted by Crippen LogP contribution is -2.48. The minimum absolute atomic E-state index is 0.0677. The fraction of sp³-hybridized carbons (Fsp3) is 0.917. The molecule has 98 valence electrons. The van der Waals surface area contributed by atoms with Crippen LogP contribution in [0.25, 0.3) is 0 Å². The summed E-state index contributed by atoms with van der Waals surface area (Å²) in [6, 6.07) is 0. The molecule has 0 spiro atoms. The SMILES string of the molecule is CC.CCC.CN1CCN(C(=O)CN)CC1. The number of likely N-dealkylation sites (N-methyl/N-ethyl adjacent to an activating group) is 1. The number of carbonyl (C=O) groups excluding carboxylic acids is 1. The van der Waals surface area contributed by atoms with Gasteiger partial charge in [0.25, 0.3) is 0 Å². The molecule has 1 heterocycles. The molecule has 1 aliphatic heterocycles. The molecule has 0 aliphatic carbocycles. The van der Waals surface area contributed by atoms with E-state index in [0.29, 0.717) is 0 Å². The number of hydrogen-bond acceptors (Lipinski definition) is 3. The van der Waals surface area contributed by atoms with Crippen LogP contribution in [0.1, 0.15) is 34.1 Å². The van der Waals surface area contributed by atoms with Crippen LogP contribution in [0.5, 0.6) is 0 Å². The van der Waals surface area contributed by atoms with Crippen LogP contribution < -0.4 is 5.73 Å². The Hall–Kier alpha value is -0.610. The number of carbonyl (C=O) groups is 1. The average Bonchev–Trinajstić information content (AvgIpc) is 2.33. The van der Waals surface area contributed by atoms with Crippen LogP contribution in [-0.4, -0.2) is 55.5 Å². The van der Waals surface area contributed by atoms with Crippen molar-refractivity contribution in [1.29, 1.82) is 0 Å². The summed E-state index contributed by atoms with van der Waals surface area (Å²) >= 11 is 0. The first-order valence-corrected chi connectivity index (χ1v) is 6.32. The van der Waals surface area contributed by atoms with Gasteiger partial charge in [0, 0.05) is 26.2 Å². The maximum Gasteiger partial charge on any atom is 0.236 e. The molecule has 2 N–H and O–H groups in total. The first-order valence-electron chi connectivity index (χ1n) is 6.32. The van der Waals surface area contributed by atoms with Crippen LogP contribution in [0.15, 0.2) is 0 Å². The summed E-state index contributed by atoms with van der Waals surface area (Å²) in [5.41, 5.74) is 5.23. The molecule has 0 bridgehead atoms. The smallest absolute Gasteiger partial charge is 0.236 e. The molecular formula is C12H29N3O. The van der Waals surface area contributed by atoms with Crippen LogP contribution in [0.4, 0.5) is 0 Å². The second-order valence-corrected chi connectivity index (χ2v) is 3.60. The molecule has 0 aromatic heterocycles. The molecule has 1 rings (SSSR count). The van der Waals surface area contributed by atoms with Gasteiger partial charge in [-0.25, -0.2) is 0 Å². The van der Waals surface area contributed by atoms with E-state index in [4.69, 9.17) is 5.73 Å². The van der Waals surface area contributed by atoms with Gasteiger partial charge in [-0.2, -0.15) is 0 Å². The normalized spacial score (nSPS) is 15.5. The molecule has 0 saturated carbocycles. The topological polar surface area (TPSA) is 49.6 Å². The molecule has 0 aromatic rings. The maximum atomic E-state index is 11.1.